The maximum Gasteiger partial charge on any atom is 0.394 e. The molecule has 13 atom stereocenters. The van der Waals surface area contributed by atoms with Crippen molar-refractivity contribution in [3.63, 3.8) is 0 Å². The third-order valence-corrected chi connectivity index (χ3v) is 26.4. The summed E-state index contributed by atoms with van der Waals surface area (Å²) in [5.41, 5.74) is -2.16. The van der Waals surface area contributed by atoms with Crippen LogP contribution in [0.4, 0.5) is 13.2 Å². The molecule has 0 radical (unpaired) electrons. The number of alkyl halides is 3. The molecule has 11 aliphatic rings. The number of likely N-dealkylation sites (N-methyl/N-ethyl adjacent to an activating group) is 6. The fraction of sp³-hybridized carbons (Fsp3) is 0.827. The maximum atomic E-state index is 16.0. The average Bonchev–Trinajstić information content (AvgIpc) is 0.934. The predicted molar refractivity (Wildman–Crippen MR) is 405 cm³/mol. The van der Waals surface area contributed by atoms with Gasteiger partial charge in [0, 0.05) is 88.6 Å². The van der Waals surface area contributed by atoms with Crippen LogP contribution in [0, 0.1) is 40.9 Å². The topological polar surface area (TPSA) is 289 Å². The Morgan fingerprint density at radius 3 is 1.88 bits per heavy atom. The molecule has 618 valence electrons. The van der Waals surface area contributed by atoms with E-state index in [0.29, 0.717) is 70.4 Å². The van der Waals surface area contributed by atoms with Gasteiger partial charge in [-0.2, -0.15) is 13.2 Å². The van der Waals surface area contributed by atoms with E-state index in [4.69, 9.17) is 9.47 Å². The Morgan fingerprint density at radius 2 is 1.24 bits per heavy atom. The Morgan fingerprint density at radius 1 is 0.600 bits per heavy atom. The van der Waals surface area contributed by atoms with Crippen molar-refractivity contribution in [2.45, 2.75) is 293 Å². The van der Waals surface area contributed by atoms with Crippen LogP contribution < -0.4 is 16.0 Å². The van der Waals surface area contributed by atoms with Gasteiger partial charge in [0.15, 0.2) is 0 Å². The average molecular weight is 1550 g/mol. The van der Waals surface area contributed by atoms with Crippen LogP contribution in [0.25, 0.3) is 0 Å². The number of hydrogen-bond donors (Lipinski definition) is 3. The fourth-order valence-corrected chi connectivity index (χ4v) is 19.8. The number of ether oxygens (including phenoxy) is 2. The molecule has 26 nitrogen and oxygen atoms in total. The normalized spacial score (nSPS) is 32.9. The van der Waals surface area contributed by atoms with Gasteiger partial charge in [-0.25, -0.2) is 0 Å². The maximum absolute atomic E-state index is 16.0. The van der Waals surface area contributed by atoms with Crippen LogP contribution in [0.5, 0.6) is 0 Å². The minimum atomic E-state index is -4.52. The van der Waals surface area contributed by atoms with Gasteiger partial charge in [-0.15, -0.1) is 0 Å². The number of carbonyl (C=O) groups is 12. The van der Waals surface area contributed by atoms with Crippen LogP contribution in [0.2, 0.25) is 0 Å². The van der Waals surface area contributed by atoms with E-state index in [2.05, 4.69) is 16.0 Å². The minimum Gasteiger partial charge on any atom is -0.381 e. The van der Waals surface area contributed by atoms with Crippen molar-refractivity contribution in [2.24, 2.45) is 40.9 Å². The molecule has 6 saturated heterocycles. The zero-order valence-electron chi connectivity index (χ0n) is 67.7. The number of carbonyl (C=O) groups excluding carboxylic acids is 12. The number of amides is 12. The number of nitrogens with zero attached hydrogens (tertiary/aromatic N) is 9. The highest BCUT2D eigenvalue weighted by atomic mass is 19.4. The quantitative estimate of drug-likeness (QED) is 0.147. The molecular formula is C81H129F3N12O14. The standard InChI is InChI=1S/C81H129F3N12O14/c1-13-51(3)68-76(106)89(7)48-67(99)91(9)60-30-20-16-25-41-95(75(60)105)63-42-53-33-31-52(32-34-53)26-18-15-19-29-59(70(100)86-68)90(8)66(98)45-62(74(104)94-39-23-17-24-40-94)92(10)77(107)69(55-27-21-22-28-55)93(11)78(108)80(49-79(4,5)50-80)87-71(101)61-44-56(110-14-2)46-96(61)72(102)58(85-65(97)47-88(6)73(63)103)38-36-54-35-37-57(81(82,83)84)64(43-54)109-12/h16,20,51-64,68-69H,13-15,17-19,21-50H2,1-12H3,(H,85,97)(H,86,100)(H,87,101)/b20-16-/t51-,52?,53?,54?,56+,57?,58-,59-,60-,61-,62-,63-,64?,68-,69-/m0/s1. The summed E-state index contributed by atoms with van der Waals surface area (Å²) < 4.78 is 54.8. The van der Waals surface area contributed by atoms with Gasteiger partial charge in [0.2, 0.25) is 70.9 Å². The summed E-state index contributed by atoms with van der Waals surface area (Å²) in [6.07, 6.45) is 8.89. The van der Waals surface area contributed by atoms with E-state index in [-0.39, 0.29) is 102 Å². The van der Waals surface area contributed by atoms with E-state index in [1.165, 1.54) is 88.6 Å². The number of likely N-dealkylation sites (tertiary alicyclic amines) is 1. The van der Waals surface area contributed by atoms with E-state index in [9.17, 15) is 22.8 Å². The Labute approximate surface area is 649 Å². The highest BCUT2D eigenvalue weighted by molar-refractivity contribution is 6.01. The lowest BCUT2D eigenvalue weighted by Crippen LogP contribution is -2.71. The van der Waals surface area contributed by atoms with Crippen molar-refractivity contribution in [3.8, 4) is 0 Å². The molecule has 6 bridgehead atoms. The number of methoxy groups -OCH3 is 1. The van der Waals surface area contributed by atoms with Gasteiger partial charge in [-0.05, 0) is 145 Å². The highest BCUT2D eigenvalue weighted by Crippen LogP contribution is 2.50. The summed E-state index contributed by atoms with van der Waals surface area (Å²) in [6.45, 7) is 9.09. The van der Waals surface area contributed by atoms with Gasteiger partial charge < -0.3 is 69.5 Å². The minimum absolute atomic E-state index is 0.0164. The largest absolute Gasteiger partial charge is 0.394 e. The van der Waals surface area contributed by atoms with Crippen LogP contribution in [-0.2, 0) is 67.0 Å². The van der Waals surface area contributed by atoms with Crippen LogP contribution in [-0.4, -0.2) is 283 Å². The van der Waals surface area contributed by atoms with Crippen molar-refractivity contribution in [3.05, 3.63) is 12.2 Å². The fourth-order valence-electron chi connectivity index (χ4n) is 19.8. The SMILES string of the molecule is CCO[C@@H]1C[C@H]2C(=O)NC3(CC(C)(C)C3)C(=O)N(C)[C@@H](C3CCCC3)C(=O)N(C)[C@H](C(=O)N3CCCCC3)CC(=O)N(C)[C@H]3CCCCCC4CCC(CC4)C[C@@H](C(=O)N(C)CC(=O)N[C@@H](CCC4CCC(C(F)(F)F)C(OC)C4)C(=O)N2C1)N1CC/C=C\C[C@@H](C1=O)N(C)C(=O)CN(C)C(=O)[C@H]([C@@H](C)CC)NC3=O. The van der Waals surface area contributed by atoms with E-state index in [0.717, 1.165) is 57.8 Å². The predicted octanol–water partition coefficient (Wildman–Crippen LogP) is 7.00. The second-order valence-corrected chi connectivity index (χ2v) is 34.8. The molecule has 7 heterocycles. The molecule has 110 heavy (non-hydrogen) atoms. The van der Waals surface area contributed by atoms with Crippen molar-refractivity contribution in [1.29, 1.82) is 0 Å². The smallest absolute Gasteiger partial charge is 0.381 e. The lowest BCUT2D eigenvalue weighted by molar-refractivity contribution is -0.215. The first-order valence-electron chi connectivity index (χ1n) is 41.4. The molecule has 3 N–H and O–H groups in total. The summed E-state index contributed by atoms with van der Waals surface area (Å²) in [7, 11) is 10.1. The molecule has 11 rings (SSSR count). The van der Waals surface area contributed by atoms with Crippen LogP contribution in [0.1, 0.15) is 221 Å². The second kappa shape index (κ2) is 38.3. The van der Waals surface area contributed by atoms with Gasteiger partial charge in [0.05, 0.1) is 37.6 Å². The second-order valence-electron chi connectivity index (χ2n) is 34.8. The Hall–Kier alpha value is -6.91. The Bertz CT molecular complexity index is 3290. The van der Waals surface area contributed by atoms with Crippen LogP contribution in [0.15, 0.2) is 12.2 Å². The molecule has 7 aliphatic heterocycles. The van der Waals surface area contributed by atoms with Crippen molar-refractivity contribution < 1.29 is 80.2 Å². The molecule has 0 aromatic heterocycles. The Kier molecular flexibility index (Phi) is 30.3. The summed E-state index contributed by atoms with van der Waals surface area (Å²) >= 11 is 0. The van der Waals surface area contributed by atoms with E-state index >= 15 is 47.9 Å². The van der Waals surface area contributed by atoms with Gasteiger partial charge >= 0.3 is 6.18 Å². The highest BCUT2D eigenvalue weighted by Gasteiger charge is 2.60. The number of nitrogens with one attached hydrogen (secondary N) is 3. The molecule has 3 unspecified atom stereocenters. The van der Waals surface area contributed by atoms with E-state index in [1.807, 2.05) is 26.8 Å². The first-order chi connectivity index (χ1) is 52.1. The monoisotopic (exact) mass is 1550 g/mol. The zero-order valence-corrected chi connectivity index (χ0v) is 67.7. The number of fused-ring (bicyclic) bond motifs is 22. The lowest BCUT2D eigenvalue weighted by Gasteiger charge is -2.54. The number of hydrogen-bond acceptors (Lipinski definition) is 14. The molecule has 4 saturated carbocycles. The number of piperidine rings is 1. The van der Waals surface area contributed by atoms with Crippen LogP contribution in [0.3, 0.4) is 0 Å². The molecule has 12 amide bonds. The molecule has 4 aliphatic carbocycles. The lowest BCUT2D eigenvalue weighted by atomic mass is 9.58. The molecule has 0 aromatic carbocycles. The summed E-state index contributed by atoms with van der Waals surface area (Å²) in [4.78, 5) is 198. The third-order valence-electron chi connectivity index (χ3n) is 26.4. The van der Waals surface area contributed by atoms with Gasteiger partial charge in [-0.1, -0.05) is 110 Å². The zero-order chi connectivity index (χ0) is 80.3. The molecular weight excluding hydrogens is 1420 g/mol. The first kappa shape index (κ1) is 87.1. The molecule has 29 heteroatoms. The van der Waals surface area contributed by atoms with E-state index < -0.39 is 186 Å². The Balaban J connectivity index is 1.15. The summed E-state index contributed by atoms with van der Waals surface area (Å²) in [5.74, 6) is -10.1. The van der Waals surface area contributed by atoms with Crippen LogP contribution >= 0.6 is 0 Å². The third kappa shape index (κ3) is 20.9. The molecule has 1 spiro atoms. The van der Waals surface area contributed by atoms with Crippen molar-refractivity contribution >= 4 is 70.9 Å². The van der Waals surface area contributed by atoms with Gasteiger partial charge in [0.25, 0.3) is 0 Å². The van der Waals surface area contributed by atoms with Crippen molar-refractivity contribution in [1.82, 2.24) is 60.0 Å². The number of rotatable bonds is 10. The van der Waals surface area contributed by atoms with Gasteiger partial charge in [-0.3, -0.25) is 57.5 Å². The number of halogens is 3. The van der Waals surface area contributed by atoms with Gasteiger partial charge in [0.1, 0.15) is 53.9 Å². The van der Waals surface area contributed by atoms with Crippen molar-refractivity contribution in [2.75, 3.05) is 95.3 Å². The molecule has 0 aromatic rings. The summed E-state index contributed by atoms with van der Waals surface area (Å²) in [5, 5.41) is 9.06. The molecule has 10 fully saturated rings. The summed E-state index contributed by atoms with van der Waals surface area (Å²) in [6, 6.07) is -9.97. The first-order valence-corrected chi connectivity index (χ1v) is 41.4. The van der Waals surface area contributed by atoms with E-state index in [1.54, 1.807) is 24.8 Å².